The summed E-state index contributed by atoms with van der Waals surface area (Å²) in [4.78, 5) is 23.5. The van der Waals surface area contributed by atoms with Crippen LogP contribution in [0.1, 0.15) is 17.9 Å². The van der Waals surface area contributed by atoms with Crippen LogP contribution in [0, 0.1) is 5.82 Å². The number of nitrogens with one attached hydrogen (secondary N) is 1. The van der Waals surface area contributed by atoms with Crippen molar-refractivity contribution >= 4 is 17.6 Å². The van der Waals surface area contributed by atoms with Crippen molar-refractivity contribution in [3.05, 3.63) is 59.9 Å². The summed E-state index contributed by atoms with van der Waals surface area (Å²) in [6, 6.07) is 11.8. The molecule has 6 heteroatoms. The van der Waals surface area contributed by atoms with Crippen LogP contribution in [0.5, 0.6) is 5.75 Å². The molecule has 0 radical (unpaired) electrons. The van der Waals surface area contributed by atoms with Crippen molar-refractivity contribution in [2.45, 2.75) is 12.3 Å². The third kappa shape index (κ3) is 4.54. The van der Waals surface area contributed by atoms with E-state index in [2.05, 4.69) is 5.32 Å². The van der Waals surface area contributed by atoms with Crippen LogP contribution in [0.25, 0.3) is 0 Å². The normalized spacial score (nSPS) is 11.6. The first-order valence-corrected chi connectivity index (χ1v) is 6.92. The summed E-state index contributed by atoms with van der Waals surface area (Å²) < 4.78 is 18.0. The number of carbonyl (C=O) groups excluding carboxylic acids is 1. The monoisotopic (exact) mass is 317 g/mol. The Morgan fingerprint density at radius 3 is 2.52 bits per heavy atom. The predicted octanol–water partition coefficient (Wildman–Crippen LogP) is 3.03. The quantitative estimate of drug-likeness (QED) is 0.858. The number of carboxylic acid groups (broad SMARTS) is 1. The van der Waals surface area contributed by atoms with E-state index in [0.717, 1.165) is 0 Å². The van der Waals surface area contributed by atoms with Crippen molar-refractivity contribution in [2.24, 2.45) is 0 Å². The van der Waals surface area contributed by atoms with Gasteiger partial charge in [-0.05, 0) is 29.8 Å². The maximum atomic E-state index is 12.9. The molecule has 0 aromatic heterocycles. The minimum atomic E-state index is -1.14. The highest BCUT2D eigenvalue weighted by Crippen LogP contribution is 2.22. The van der Waals surface area contributed by atoms with Gasteiger partial charge in [0.05, 0.1) is 13.0 Å². The third-order valence-electron chi connectivity index (χ3n) is 3.31. The van der Waals surface area contributed by atoms with Gasteiger partial charge in [0.1, 0.15) is 11.6 Å². The molecule has 0 spiro atoms. The average molecular weight is 317 g/mol. The number of carbonyl (C=O) groups is 2. The highest BCUT2D eigenvalue weighted by atomic mass is 19.1. The highest BCUT2D eigenvalue weighted by Gasteiger charge is 2.23. The Balaban J connectivity index is 2.09. The second-order valence-electron chi connectivity index (χ2n) is 4.93. The number of halogens is 1. The van der Waals surface area contributed by atoms with Gasteiger partial charge in [0.25, 0.3) is 0 Å². The number of methoxy groups -OCH3 is 1. The van der Waals surface area contributed by atoms with Crippen LogP contribution in [0.15, 0.2) is 48.5 Å². The SMILES string of the molecule is COc1cccc(NC(=O)C[C@H](C(=O)O)c2ccc(F)cc2)c1. The first-order valence-electron chi connectivity index (χ1n) is 6.92. The fourth-order valence-corrected chi connectivity index (χ4v) is 2.14. The van der Waals surface area contributed by atoms with Crippen molar-refractivity contribution in [1.29, 1.82) is 0 Å². The molecule has 1 atom stereocenters. The number of hydrogen-bond acceptors (Lipinski definition) is 3. The molecule has 120 valence electrons. The second-order valence-corrected chi connectivity index (χ2v) is 4.93. The lowest BCUT2D eigenvalue weighted by molar-refractivity contribution is -0.140. The first kappa shape index (κ1) is 16.5. The summed E-state index contributed by atoms with van der Waals surface area (Å²) in [7, 11) is 1.51. The summed E-state index contributed by atoms with van der Waals surface area (Å²) in [6.07, 6.45) is -0.252. The number of anilines is 1. The zero-order valence-corrected chi connectivity index (χ0v) is 12.5. The Morgan fingerprint density at radius 2 is 1.91 bits per heavy atom. The van der Waals surface area contributed by atoms with Crippen LogP contribution < -0.4 is 10.1 Å². The summed E-state index contributed by atoms with van der Waals surface area (Å²) in [5.74, 6) is -2.51. The molecule has 0 unspecified atom stereocenters. The topological polar surface area (TPSA) is 75.6 Å². The largest absolute Gasteiger partial charge is 0.497 e. The molecule has 2 rings (SSSR count). The van der Waals surface area contributed by atoms with Gasteiger partial charge in [-0.3, -0.25) is 9.59 Å². The number of amides is 1. The Hall–Kier alpha value is -2.89. The Bertz CT molecular complexity index is 700. The second kappa shape index (κ2) is 7.40. The van der Waals surface area contributed by atoms with Crippen molar-refractivity contribution in [1.82, 2.24) is 0 Å². The van der Waals surface area contributed by atoms with Gasteiger partial charge in [0.15, 0.2) is 0 Å². The summed E-state index contributed by atoms with van der Waals surface area (Å²) in [5.41, 5.74) is 0.886. The van der Waals surface area contributed by atoms with E-state index in [4.69, 9.17) is 4.74 Å². The predicted molar refractivity (Wildman–Crippen MR) is 83.0 cm³/mol. The number of benzene rings is 2. The lowest BCUT2D eigenvalue weighted by Crippen LogP contribution is -2.20. The minimum Gasteiger partial charge on any atom is -0.497 e. The smallest absolute Gasteiger partial charge is 0.311 e. The van der Waals surface area contributed by atoms with E-state index in [1.165, 1.54) is 31.4 Å². The molecule has 0 saturated heterocycles. The van der Waals surface area contributed by atoms with E-state index in [1.54, 1.807) is 24.3 Å². The molecule has 2 aromatic carbocycles. The van der Waals surface area contributed by atoms with E-state index in [1.807, 2.05) is 0 Å². The van der Waals surface area contributed by atoms with Gasteiger partial charge in [0.2, 0.25) is 5.91 Å². The average Bonchev–Trinajstić information content (AvgIpc) is 2.53. The van der Waals surface area contributed by atoms with Crippen LogP contribution in [0.3, 0.4) is 0 Å². The van der Waals surface area contributed by atoms with Crippen molar-refractivity contribution < 1.29 is 23.8 Å². The van der Waals surface area contributed by atoms with Gasteiger partial charge in [-0.25, -0.2) is 4.39 Å². The molecule has 1 amide bonds. The summed E-state index contributed by atoms with van der Waals surface area (Å²) in [5, 5.41) is 11.9. The van der Waals surface area contributed by atoms with E-state index >= 15 is 0 Å². The number of ether oxygens (including phenoxy) is 1. The zero-order valence-electron chi connectivity index (χ0n) is 12.5. The van der Waals surface area contributed by atoms with Crippen LogP contribution >= 0.6 is 0 Å². The number of aliphatic carboxylic acids is 1. The molecule has 23 heavy (non-hydrogen) atoms. The summed E-state index contributed by atoms with van der Waals surface area (Å²) >= 11 is 0. The molecule has 0 aliphatic carbocycles. The first-order chi connectivity index (χ1) is 11.0. The van der Waals surface area contributed by atoms with E-state index in [-0.39, 0.29) is 6.42 Å². The maximum Gasteiger partial charge on any atom is 0.311 e. The third-order valence-corrected chi connectivity index (χ3v) is 3.31. The lowest BCUT2D eigenvalue weighted by atomic mass is 9.95. The van der Waals surface area contributed by atoms with Gasteiger partial charge >= 0.3 is 5.97 Å². The lowest BCUT2D eigenvalue weighted by Gasteiger charge is -2.13. The minimum absolute atomic E-state index is 0.252. The molecule has 2 aromatic rings. The molecule has 0 fully saturated rings. The fraction of sp³-hybridized carbons (Fsp3) is 0.176. The Labute approximate surface area is 132 Å². The van der Waals surface area contributed by atoms with Crippen molar-refractivity contribution in [3.63, 3.8) is 0 Å². The number of hydrogen-bond donors (Lipinski definition) is 2. The van der Waals surface area contributed by atoms with Crippen LogP contribution in [0.4, 0.5) is 10.1 Å². The standard InChI is InChI=1S/C17H16FNO4/c1-23-14-4-2-3-13(9-14)19-16(20)10-15(17(21)22)11-5-7-12(18)8-6-11/h2-9,15H,10H2,1H3,(H,19,20)(H,21,22)/t15-/m0/s1. The Kier molecular flexibility index (Phi) is 5.30. The highest BCUT2D eigenvalue weighted by molar-refractivity contribution is 5.94. The maximum absolute atomic E-state index is 12.9. The molecule has 0 saturated carbocycles. The van der Waals surface area contributed by atoms with E-state index in [0.29, 0.717) is 17.0 Å². The van der Waals surface area contributed by atoms with Gasteiger partial charge in [0, 0.05) is 18.2 Å². The molecule has 0 aliphatic rings. The summed E-state index contributed by atoms with van der Waals surface area (Å²) in [6.45, 7) is 0. The molecule has 0 heterocycles. The molecule has 2 N–H and O–H groups in total. The molecular formula is C17H16FNO4. The molecule has 0 aliphatic heterocycles. The van der Waals surface area contributed by atoms with Crippen LogP contribution in [-0.4, -0.2) is 24.1 Å². The van der Waals surface area contributed by atoms with Gasteiger partial charge in [-0.1, -0.05) is 18.2 Å². The van der Waals surface area contributed by atoms with Gasteiger partial charge < -0.3 is 15.2 Å². The molecule has 5 nitrogen and oxygen atoms in total. The Morgan fingerprint density at radius 1 is 1.22 bits per heavy atom. The molecule has 0 bridgehead atoms. The van der Waals surface area contributed by atoms with Gasteiger partial charge in [-0.2, -0.15) is 0 Å². The zero-order chi connectivity index (χ0) is 16.8. The van der Waals surface area contributed by atoms with Crippen LogP contribution in [0.2, 0.25) is 0 Å². The number of rotatable bonds is 6. The van der Waals surface area contributed by atoms with E-state index < -0.39 is 23.6 Å². The van der Waals surface area contributed by atoms with Crippen molar-refractivity contribution in [3.8, 4) is 5.75 Å². The molecular weight excluding hydrogens is 301 g/mol. The fourth-order valence-electron chi connectivity index (χ4n) is 2.14. The number of carboxylic acids is 1. The van der Waals surface area contributed by atoms with E-state index in [9.17, 15) is 19.1 Å². The van der Waals surface area contributed by atoms with Crippen molar-refractivity contribution in [2.75, 3.05) is 12.4 Å². The van der Waals surface area contributed by atoms with Gasteiger partial charge in [-0.15, -0.1) is 0 Å². The van der Waals surface area contributed by atoms with Crippen LogP contribution in [-0.2, 0) is 9.59 Å².